The molecule has 0 spiro atoms. The van der Waals surface area contributed by atoms with E-state index in [1.807, 2.05) is 6.07 Å². The summed E-state index contributed by atoms with van der Waals surface area (Å²) in [4.78, 5) is 0. The molecule has 1 saturated carbocycles. The van der Waals surface area contributed by atoms with Crippen LogP contribution in [-0.4, -0.2) is 13.3 Å². The van der Waals surface area contributed by atoms with Gasteiger partial charge in [0.25, 0.3) is 0 Å². The first-order chi connectivity index (χ1) is 8.25. The van der Waals surface area contributed by atoms with E-state index < -0.39 is 0 Å². The predicted octanol–water partition coefficient (Wildman–Crippen LogP) is 2.32. The second-order valence-corrected chi connectivity index (χ2v) is 4.88. The Hall–Kier alpha value is -1.29. The van der Waals surface area contributed by atoms with Crippen LogP contribution in [0.4, 0.5) is 4.39 Å². The molecule has 0 unspecified atom stereocenters. The zero-order chi connectivity index (χ0) is 11.9. The normalized spacial score (nSPS) is 20.8. The van der Waals surface area contributed by atoms with Crippen LogP contribution in [0.5, 0.6) is 11.5 Å². The van der Waals surface area contributed by atoms with Gasteiger partial charge < -0.3 is 15.2 Å². The summed E-state index contributed by atoms with van der Waals surface area (Å²) < 4.78 is 24.2. The van der Waals surface area contributed by atoms with Crippen molar-refractivity contribution in [1.29, 1.82) is 0 Å². The standard InChI is InChI=1S/C13H16FNO2/c14-10-5-9(6-11-12(10)17-8-16-11)13(7-15)3-1-2-4-13/h5-6H,1-4,7-8,15H2. The van der Waals surface area contributed by atoms with Gasteiger partial charge in [-0.2, -0.15) is 0 Å². The van der Waals surface area contributed by atoms with Gasteiger partial charge in [0, 0.05) is 12.0 Å². The van der Waals surface area contributed by atoms with Crippen LogP contribution in [0.15, 0.2) is 12.1 Å². The molecule has 1 aliphatic heterocycles. The average Bonchev–Trinajstić information content (AvgIpc) is 2.98. The number of fused-ring (bicyclic) bond motifs is 1. The molecule has 0 amide bonds. The molecule has 0 bridgehead atoms. The fourth-order valence-electron chi connectivity index (χ4n) is 2.94. The van der Waals surface area contributed by atoms with E-state index in [2.05, 4.69) is 0 Å². The Morgan fingerprint density at radius 2 is 2.00 bits per heavy atom. The molecule has 4 heteroatoms. The predicted molar refractivity (Wildman–Crippen MR) is 61.7 cm³/mol. The lowest BCUT2D eigenvalue weighted by molar-refractivity contribution is 0.171. The van der Waals surface area contributed by atoms with E-state index >= 15 is 0 Å². The minimum absolute atomic E-state index is 0.0676. The van der Waals surface area contributed by atoms with Crippen molar-refractivity contribution < 1.29 is 13.9 Å². The highest BCUT2D eigenvalue weighted by atomic mass is 19.1. The molecule has 0 radical (unpaired) electrons. The Labute approximate surface area is 99.7 Å². The molecule has 2 aliphatic rings. The SMILES string of the molecule is NCC1(c2cc(F)c3c(c2)OCO3)CCCC1. The lowest BCUT2D eigenvalue weighted by Gasteiger charge is -2.28. The summed E-state index contributed by atoms with van der Waals surface area (Å²) in [6, 6.07) is 3.45. The van der Waals surface area contributed by atoms with Crippen molar-refractivity contribution in [1.82, 2.24) is 0 Å². The number of hydrogen-bond acceptors (Lipinski definition) is 3. The van der Waals surface area contributed by atoms with Gasteiger partial charge in [0.1, 0.15) is 0 Å². The van der Waals surface area contributed by atoms with Crippen molar-refractivity contribution in [2.45, 2.75) is 31.1 Å². The fraction of sp³-hybridized carbons (Fsp3) is 0.538. The molecule has 3 rings (SSSR count). The molecule has 1 heterocycles. The number of ether oxygens (including phenoxy) is 2. The van der Waals surface area contributed by atoms with Crippen molar-refractivity contribution >= 4 is 0 Å². The van der Waals surface area contributed by atoms with E-state index in [0.29, 0.717) is 12.3 Å². The molecule has 17 heavy (non-hydrogen) atoms. The highest BCUT2D eigenvalue weighted by Crippen LogP contribution is 2.45. The van der Waals surface area contributed by atoms with Crippen LogP contribution in [-0.2, 0) is 5.41 Å². The van der Waals surface area contributed by atoms with Crippen molar-refractivity contribution in [3.05, 3.63) is 23.5 Å². The Balaban J connectivity index is 2.06. The highest BCUT2D eigenvalue weighted by Gasteiger charge is 2.36. The molecule has 1 aromatic rings. The van der Waals surface area contributed by atoms with Gasteiger partial charge in [-0.15, -0.1) is 0 Å². The van der Waals surface area contributed by atoms with Crippen LogP contribution in [0, 0.1) is 5.82 Å². The maximum atomic E-state index is 13.9. The van der Waals surface area contributed by atoms with Crippen LogP contribution in [0.25, 0.3) is 0 Å². The Kier molecular flexibility index (Phi) is 2.47. The van der Waals surface area contributed by atoms with Crippen molar-refractivity contribution in [2.75, 3.05) is 13.3 Å². The molecule has 3 nitrogen and oxygen atoms in total. The number of rotatable bonds is 2. The van der Waals surface area contributed by atoms with Crippen molar-refractivity contribution in [3.8, 4) is 11.5 Å². The van der Waals surface area contributed by atoms with E-state index in [0.717, 1.165) is 31.2 Å². The number of halogens is 1. The highest BCUT2D eigenvalue weighted by molar-refractivity contribution is 5.48. The van der Waals surface area contributed by atoms with Gasteiger partial charge in [-0.1, -0.05) is 12.8 Å². The fourth-order valence-corrected chi connectivity index (χ4v) is 2.94. The molecule has 1 aromatic carbocycles. The van der Waals surface area contributed by atoms with Gasteiger partial charge >= 0.3 is 0 Å². The van der Waals surface area contributed by atoms with Crippen molar-refractivity contribution in [3.63, 3.8) is 0 Å². The third-order valence-corrected chi connectivity index (χ3v) is 3.99. The van der Waals surface area contributed by atoms with Gasteiger partial charge in [-0.3, -0.25) is 0 Å². The molecule has 1 aliphatic carbocycles. The summed E-state index contributed by atoms with van der Waals surface area (Å²) in [5, 5.41) is 0. The first-order valence-corrected chi connectivity index (χ1v) is 6.05. The summed E-state index contributed by atoms with van der Waals surface area (Å²) in [6.45, 7) is 0.664. The molecular formula is C13H16FNO2. The first kappa shape index (κ1) is 10.8. The van der Waals surface area contributed by atoms with Gasteiger partial charge in [-0.25, -0.2) is 4.39 Å². The van der Waals surface area contributed by atoms with E-state index in [4.69, 9.17) is 15.2 Å². The van der Waals surface area contributed by atoms with Crippen molar-refractivity contribution in [2.24, 2.45) is 5.73 Å². The van der Waals surface area contributed by atoms with Gasteiger partial charge in [0.15, 0.2) is 11.6 Å². The zero-order valence-electron chi connectivity index (χ0n) is 9.67. The van der Waals surface area contributed by atoms with Crippen LogP contribution in [0.1, 0.15) is 31.2 Å². The smallest absolute Gasteiger partial charge is 0.231 e. The quantitative estimate of drug-likeness (QED) is 0.858. The summed E-state index contributed by atoms with van der Waals surface area (Å²) in [5.74, 6) is 0.411. The zero-order valence-corrected chi connectivity index (χ0v) is 9.67. The number of nitrogens with two attached hydrogens (primary N) is 1. The second kappa shape index (κ2) is 3.88. The lowest BCUT2D eigenvalue weighted by atomic mass is 9.79. The first-order valence-electron chi connectivity index (χ1n) is 6.05. The Morgan fingerprint density at radius 3 is 2.71 bits per heavy atom. The third-order valence-electron chi connectivity index (χ3n) is 3.99. The van der Waals surface area contributed by atoms with Gasteiger partial charge in [0.05, 0.1) is 0 Å². The molecular weight excluding hydrogens is 221 g/mol. The number of hydrogen-bond donors (Lipinski definition) is 1. The molecule has 0 aromatic heterocycles. The van der Waals surface area contributed by atoms with Crippen LogP contribution < -0.4 is 15.2 Å². The molecule has 0 saturated heterocycles. The third kappa shape index (κ3) is 1.59. The molecule has 1 fully saturated rings. The van der Waals surface area contributed by atoms with Gasteiger partial charge in [0.2, 0.25) is 12.5 Å². The summed E-state index contributed by atoms with van der Waals surface area (Å²) in [7, 11) is 0. The maximum absolute atomic E-state index is 13.9. The van der Waals surface area contributed by atoms with Crippen LogP contribution in [0.3, 0.4) is 0 Å². The van der Waals surface area contributed by atoms with E-state index in [-0.39, 0.29) is 23.8 Å². The maximum Gasteiger partial charge on any atom is 0.231 e. The Bertz CT molecular complexity index is 441. The van der Waals surface area contributed by atoms with E-state index in [1.54, 1.807) is 6.07 Å². The second-order valence-electron chi connectivity index (χ2n) is 4.88. The lowest BCUT2D eigenvalue weighted by Crippen LogP contribution is -2.32. The number of benzene rings is 1. The van der Waals surface area contributed by atoms with Gasteiger partial charge in [-0.05, 0) is 30.5 Å². The average molecular weight is 237 g/mol. The molecule has 2 N–H and O–H groups in total. The molecule has 92 valence electrons. The minimum atomic E-state index is -0.338. The summed E-state index contributed by atoms with van der Waals surface area (Å²) >= 11 is 0. The largest absolute Gasteiger partial charge is 0.453 e. The molecule has 0 atom stereocenters. The Morgan fingerprint density at radius 1 is 1.24 bits per heavy atom. The summed E-state index contributed by atoms with van der Waals surface area (Å²) in [6.07, 6.45) is 4.38. The minimum Gasteiger partial charge on any atom is -0.453 e. The monoisotopic (exact) mass is 237 g/mol. The topological polar surface area (TPSA) is 44.5 Å². The van der Waals surface area contributed by atoms with Crippen LogP contribution in [0.2, 0.25) is 0 Å². The van der Waals surface area contributed by atoms with E-state index in [1.165, 1.54) is 0 Å². The van der Waals surface area contributed by atoms with E-state index in [9.17, 15) is 4.39 Å². The van der Waals surface area contributed by atoms with Crippen LogP contribution >= 0.6 is 0 Å². The summed E-state index contributed by atoms with van der Waals surface area (Å²) in [5.41, 5.74) is 6.79.